The molecule has 0 unspecified atom stereocenters. The van der Waals surface area contributed by atoms with Crippen molar-refractivity contribution >= 4 is 0 Å². The molecule has 0 radical (unpaired) electrons. The number of aromatic nitrogens is 2. The van der Waals surface area contributed by atoms with Crippen LogP contribution in [-0.4, -0.2) is 9.78 Å². The lowest BCUT2D eigenvalue weighted by molar-refractivity contribution is 0.874. The Bertz CT molecular complexity index is 697. The Morgan fingerprint density at radius 1 is 0.789 bits per heavy atom. The SMILES string of the molecule is Cc1ccccc1-c1cccc(C)c1-n1cccn1. The lowest BCUT2D eigenvalue weighted by atomic mass is 9.97. The summed E-state index contributed by atoms with van der Waals surface area (Å²) in [5.74, 6) is 0. The van der Waals surface area contributed by atoms with Crippen molar-refractivity contribution in [3.05, 3.63) is 72.1 Å². The second-order valence-electron chi connectivity index (χ2n) is 4.74. The zero-order chi connectivity index (χ0) is 13.2. The zero-order valence-corrected chi connectivity index (χ0v) is 11.2. The Labute approximate surface area is 113 Å². The molecular weight excluding hydrogens is 232 g/mol. The number of rotatable bonds is 2. The Hall–Kier alpha value is -2.35. The van der Waals surface area contributed by atoms with Crippen molar-refractivity contribution < 1.29 is 0 Å². The molecule has 0 amide bonds. The third kappa shape index (κ3) is 2.06. The van der Waals surface area contributed by atoms with Gasteiger partial charge in [-0.25, -0.2) is 4.68 Å². The molecule has 0 aliphatic heterocycles. The minimum absolute atomic E-state index is 1.15. The lowest BCUT2D eigenvalue weighted by Gasteiger charge is -2.14. The van der Waals surface area contributed by atoms with Gasteiger partial charge in [-0.3, -0.25) is 0 Å². The lowest BCUT2D eigenvalue weighted by Crippen LogP contribution is -2.01. The molecule has 1 aromatic heterocycles. The van der Waals surface area contributed by atoms with Crippen LogP contribution in [0.3, 0.4) is 0 Å². The largest absolute Gasteiger partial charge is 0.240 e. The molecule has 2 nitrogen and oxygen atoms in total. The van der Waals surface area contributed by atoms with Gasteiger partial charge in [0.2, 0.25) is 0 Å². The predicted octanol–water partition coefficient (Wildman–Crippen LogP) is 4.16. The highest BCUT2D eigenvalue weighted by atomic mass is 15.3. The number of nitrogens with zero attached hydrogens (tertiary/aromatic N) is 2. The standard InChI is InChI=1S/C17H16N2/c1-13-7-3-4-9-15(13)16-10-5-8-14(2)17(16)19-12-6-11-18-19/h3-12H,1-2H3. The smallest absolute Gasteiger partial charge is 0.0753 e. The van der Waals surface area contributed by atoms with Crippen LogP contribution >= 0.6 is 0 Å². The molecule has 94 valence electrons. The third-order valence-electron chi connectivity index (χ3n) is 3.41. The summed E-state index contributed by atoms with van der Waals surface area (Å²) in [6.45, 7) is 4.27. The molecule has 0 saturated carbocycles. The molecule has 0 atom stereocenters. The van der Waals surface area contributed by atoms with E-state index in [1.54, 1.807) is 0 Å². The number of aryl methyl sites for hydroxylation is 2. The normalized spacial score (nSPS) is 10.6. The summed E-state index contributed by atoms with van der Waals surface area (Å²) in [6.07, 6.45) is 3.80. The summed E-state index contributed by atoms with van der Waals surface area (Å²) in [5.41, 5.74) is 6.14. The van der Waals surface area contributed by atoms with Crippen LogP contribution in [0.25, 0.3) is 16.8 Å². The first kappa shape index (κ1) is 11.7. The van der Waals surface area contributed by atoms with Gasteiger partial charge in [0.15, 0.2) is 0 Å². The molecule has 0 aliphatic rings. The van der Waals surface area contributed by atoms with E-state index in [2.05, 4.69) is 61.4 Å². The molecule has 3 rings (SSSR count). The first-order valence-electron chi connectivity index (χ1n) is 6.43. The average molecular weight is 248 g/mol. The van der Waals surface area contributed by atoms with Crippen LogP contribution in [-0.2, 0) is 0 Å². The maximum Gasteiger partial charge on any atom is 0.0753 e. The van der Waals surface area contributed by atoms with Gasteiger partial charge in [0.05, 0.1) is 5.69 Å². The summed E-state index contributed by atoms with van der Waals surface area (Å²) in [4.78, 5) is 0. The molecule has 0 N–H and O–H groups in total. The molecular formula is C17H16N2. The minimum Gasteiger partial charge on any atom is -0.240 e. The molecule has 3 aromatic rings. The Morgan fingerprint density at radius 2 is 1.53 bits per heavy atom. The van der Waals surface area contributed by atoms with E-state index in [-0.39, 0.29) is 0 Å². The van der Waals surface area contributed by atoms with Gasteiger partial charge in [-0.2, -0.15) is 5.10 Å². The second-order valence-corrected chi connectivity index (χ2v) is 4.74. The van der Waals surface area contributed by atoms with E-state index in [1.165, 1.54) is 22.3 Å². The van der Waals surface area contributed by atoms with E-state index in [0.717, 1.165) is 5.69 Å². The minimum atomic E-state index is 1.15. The topological polar surface area (TPSA) is 17.8 Å². The first-order valence-corrected chi connectivity index (χ1v) is 6.43. The van der Waals surface area contributed by atoms with Crippen molar-refractivity contribution in [1.29, 1.82) is 0 Å². The fraction of sp³-hybridized carbons (Fsp3) is 0.118. The van der Waals surface area contributed by atoms with Crippen molar-refractivity contribution in [1.82, 2.24) is 9.78 Å². The van der Waals surface area contributed by atoms with Gasteiger partial charge in [-0.15, -0.1) is 0 Å². The summed E-state index contributed by atoms with van der Waals surface area (Å²) >= 11 is 0. The van der Waals surface area contributed by atoms with E-state index >= 15 is 0 Å². The second kappa shape index (κ2) is 4.73. The Kier molecular flexibility index (Phi) is 2.92. The van der Waals surface area contributed by atoms with Crippen molar-refractivity contribution in [2.24, 2.45) is 0 Å². The summed E-state index contributed by atoms with van der Waals surface area (Å²) in [6, 6.07) is 16.8. The van der Waals surface area contributed by atoms with Crippen molar-refractivity contribution in [2.75, 3.05) is 0 Å². The molecule has 0 saturated heterocycles. The number of hydrogen-bond donors (Lipinski definition) is 0. The molecule has 0 bridgehead atoms. The maximum atomic E-state index is 4.38. The van der Waals surface area contributed by atoms with Gasteiger partial charge in [0.25, 0.3) is 0 Å². The summed E-state index contributed by atoms with van der Waals surface area (Å²) in [5, 5.41) is 4.38. The van der Waals surface area contributed by atoms with Crippen LogP contribution in [0.2, 0.25) is 0 Å². The Morgan fingerprint density at radius 3 is 2.26 bits per heavy atom. The highest BCUT2D eigenvalue weighted by molar-refractivity contribution is 5.76. The number of hydrogen-bond acceptors (Lipinski definition) is 1. The van der Waals surface area contributed by atoms with E-state index in [0.29, 0.717) is 0 Å². The molecule has 1 heterocycles. The highest BCUT2D eigenvalue weighted by Crippen LogP contribution is 2.30. The van der Waals surface area contributed by atoms with E-state index < -0.39 is 0 Å². The van der Waals surface area contributed by atoms with Crippen LogP contribution in [0, 0.1) is 13.8 Å². The van der Waals surface area contributed by atoms with Gasteiger partial charge in [0, 0.05) is 18.0 Å². The molecule has 2 aromatic carbocycles. The zero-order valence-electron chi connectivity index (χ0n) is 11.2. The molecule has 19 heavy (non-hydrogen) atoms. The van der Waals surface area contributed by atoms with E-state index in [1.807, 2.05) is 23.1 Å². The fourth-order valence-corrected chi connectivity index (χ4v) is 2.46. The monoisotopic (exact) mass is 248 g/mol. The molecule has 0 spiro atoms. The Balaban J connectivity index is 2.29. The number of benzene rings is 2. The first-order chi connectivity index (χ1) is 9.27. The average Bonchev–Trinajstić information content (AvgIpc) is 2.92. The van der Waals surface area contributed by atoms with Crippen LogP contribution in [0.15, 0.2) is 60.9 Å². The maximum absolute atomic E-state index is 4.38. The quantitative estimate of drug-likeness (QED) is 0.666. The van der Waals surface area contributed by atoms with Crippen LogP contribution in [0.5, 0.6) is 0 Å². The van der Waals surface area contributed by atoms with Gasteiger partial charge < -0.3 is 0 Å². The van der Waals surface area contributed by atoms with Gasteiger partial charge >= 0.3 is 0 Å². The number of para-hydroxylation sites is 1. The van der Waals surface area contributed by atoms with Gasteiger partial charge in [0.1, 0.15) is 0 Å². The van der Waals surface area contributed by atoms with Gasteiger partial charge in [-0.1, -0.05) is 42.5 Å². The van der Waals surface area contributed by atoms with Crippen molar-refractivity contribution in [3.63, 3.8) is 0 Å². The van der Waals surface area contributed by atoms with Crippen molar-refractivity contribution in [3.8, 4) is 16.8 Å². The fourth-order valence-electron chi connectivity index (χ4n) is 2.46. The highest BCUT2D eigenvalue weighted by Gasteiger charge is 2.11. The predicted molar refractivity (Wildman–Crippen MR) is 78.5 cm³/mol. The van der Waals surface area contributed by atoms with Crippen molar-refractivity contribution in [2.45, 2.75) is 13.8 Å². The summed E-state index contributed by atoms with van der Waals surface area (Å²) in [7, 11) is 0. The van der Waals surface area contributed by atoms with Crippen LogP contribution in [0.1, 0.15) is 11.1 Å². The van der Waals surface area contributed by atoms with Crippen LogP contribution in [0.4, 0.5) is 0 Å². The summed E-state index contributed by atoms with van der Waals surface area (Å²) < 4.78 is 1.94. The molecule has 2 heteroatoms. The molecule has 0 aliphatic carbocycles. The third-order valence-corrected chi connectivity index (χ3v) is 3.41. The van der Waals surface area contributed by atoms with Gasteiger partial charge in [-0.05, 0) is 36.6 Å². The van der Waals surface area contributed by atoms with E-state index in [4.69, 9.17) is 0 Å². The molecule has 0 fully saturated rings. The van der Waals surface area contributed by atoms with Crippen LogP contribution < -0.4 is 0 Å². The van der Waals surface area contributed by atoms with E-state index in [9.17, 15) is 0 Å².